The predicted molar refractivity (Wildman–Crippen MR) is 101 cm³/mol. The van der Waals surface area contributed by atoms with Gasteiger partial charge in [-0.05, 0) is 42.7 Å². The molecule has 1 aliphatic rings. The number of para-hydroxylation sites is 1. The summed E-state index contributed by atoms with van der Waals surface area (Å²) in [7, 11) is 0. The smallest absolute Gasteiger partial charge is 0.227 e. The van der Waals surface area contributed by atoms with E-state index < -0.39 is 0 Å². The number of hydrogen-bond acceptors (Lipinski definition) is 3. The highest BCUT2D eigenvalue weighted by molar-refractivity contribution is 5.95. The minimum absolute atomic E-state index is 0.0143. The number of carbonyl (C=O) groups excluding carboxylic acids is 2. The molecule has 0 bridgehead atoms. The van der Waals surface area contributed by atoms with Crippen molar-refractivity contribution in [3.05, 3.63) is 60.2 Å². The molecule has 0 aliphatic carbocycles. The maximum atomic E-state index is 11.9. The van der Waals surface area contributed by atoms with Crippen LogP contribution in [0.5, 0.6) is 5.75 Å². The van der Waals surface area contributed by atoms with Crippen LogP contribution in [0.15, 0.2) is 54.6 Å². The Bertz CT molecular complexity index is 729. The molecule has 0 saturated carbocycles. The van der Waals surface area contributed by atoms with Gasteiger partial charge in [-0.3, -0.25) is 9.59 Å². The zero-order chi connectivity index (χ0) is 18.2. The number of anilines is 1. The SMILES string of the molecule is O=C(CCCOc1ccccc1)NCc1ccc(N2CCCC2=O)cc1. The summed E-state index contributed by atoms with van der Waals surface area (Å²) in [4.78, 5) is 25.5. The first-order valence-electron chi connectivity index (χ1n) is 9.06. The molecule has 0 atom stereocenters. The summed E-state index contributed by atoms with van der Waals surface area (Å²) in [5.74, 6) is 1.02. The summed E-state index contributed by atoms with van der Waals surface area (Å²) in [5, 5.41) is 2.92. The van der Waals surface area contributed by atoms with Gasteiger partial charge in [-0.25, -0.2) is 0 Å². The highest BCUT2D eigenvalue weighted by Crippen LogP contribution is 2.21. The monoisotopic (exact) mass is 352 g/mol. The van der Waals surface area contributed by atoms with Crippen molar-refractivity contribution in [2.75, 3.05) is 18.1 Å². The Morgan fingerprint density at radius 1 is 1.08 bits per heavy atom. The Labute approximate surface area is 154 Å². The van der Waals surface area contributed by atoms with Gasteiger partial charge in [0.1, 0.15) is 5.75 Å². The van der Waals surface area contributed by atoms with E-state index in [0.29, 0.717) is 32.4 Å². The largest absolute Gasteiger partial charge is 0.494 e. The molecule has 2 amide bonds. The normalized spacial score (nSPS) is 13.7. The lowest BCUT2D eigenvalue weighted by atomic mass is 10.2. The maximum absolute atomic E-state index is 11.9. The standard InChI is InChI=1S/C21H24N2O3/c24-20(8-5-15-26-19-6-2-1-3-7-19)22-16-17-10-12-18(13-11-17)23-14-4-9-21(23)25/h1-3,6-7,10-13H,4-5,8-9,14-16H2,(H,22,24). The average molecular weight is 352 g/mol. The third-order valence-corrected chi connectivity index (χ3v) is 4.37. The number of hydrogen-bond donors (Lipinski definition) is 1. The molecule has 0 radical (unpaired) electrons. The molecule has 1 N–H and O–H groups in total. The number of nitrogens with zero attached hydrogens (tertiary/aromatic N) is 1. The van der Waals surface area contributed by atoms with Crippen molar-refractivity contribution in [3.63, 3.8) is 0 Å². The van der Waals surface area contributed by atoms with Crippen molar-refractivity contribution in [1.82, 2.24) is 5.32 Å². The van der Waals surface area contributed by atoms with Crippen LogP contribution in [-0.2, 0) is 16.1 Å². The van der Waals surface area contributed by atoms with Crippen molar-refractivity contribution in [1.29, 1.82) is 0 Å². The van der Waals surface area contributed by atoms with Crippen LogP contribution in [0.2, 0.25) is 0 Å². The van der Waals surface area contributed by atoms with E-state index >= 15 is 0 Å². The van der Waals surface area contributed by atoms with Gasteiger partial charge in [0.15, 0.2) is 0 Å². The van der Waals surface area contributed by atoms with E-state index in [0.717, 1.165) is 30.0 Å². The molecule has 0 aromatic heterocycles. The summed E-state index contributed by atoms with van der Waals surface area (Å²) in [6, 6.07) is 17.4. The number of amides is 2. The van der Waals surface area contributed by atoms with Gasteiger partial charge in [0, 0.05) is 31.6 Å². The molecule has 2 aromatic rings. The summed E-state index contributed by atoms with van der Waals surface area (Å²) >= 11 is 0. The molecule has 26 heavy (non-hydrogen) atoms. The van der Waals surface area contributed by atoms with Crippen LogP contribution in [0.3, 0.4) is 0 Å². The Balaban J connectivity index is 1.35. The number of rotatable bonds is 8. The Morgan fingerprint density at radius 2 is 1.85 bits per heavy atom. The van der Waals surface area contributed by atoms with Gasteiger partial charge in [0.25, 0.3) is 0 Å². The van der Waals surface area contributed by atoms with Crippen LogP contribution in [0.25, 0.3) is 0 Å². The van der Waals surface area contributed by atoms with Crippen LogP contribution in [-0.4, -0.2) is 25.0 Å². The van der Waals surface area contributed by atoms with Crippen molar-refractivity contribution in [2.45, 2.75) is 32.2 Å². The second kappa shape index (κ2) is 9.04. The fourth-order valence-electron chi connectivity index (χ4n) is 2.94. The number of carbonyl (C=O) groups is 2. The summed E-state index contributed by atoms with van der Waals surface area (Å²) in [5.41, 5.74) is 1.95. The highest BCUT2D eigenvalue weighted by atomic mass is 16.5. The van der Waals surface area contributed by atoms with Crippen LogP contribution < -0.4 is 15.0 Å². The molecule has 1 aliphatic heterocycles. The molecular formula is C21H24N2O3. The van der Waals surface area contributed by atoms with Crippen LogP contribution in [0, 0.1) is 0 Å². The molecule has 0 spiro atoms. The third-order valence-electron chi connectivity index (χ3n) is 4.37. The zero-order valence-electron chi connectivity index (χ0n) is 14.8. The fraction of sp³-hybridized carbons (Fsp3) is 0.333. The second-order valence-electron chi connectivity index (χ2n) is 6.36. The predicted octanol–water partition coefficient (Wildman–Crippen LogP) is 3.29. The maximum Gasteiger partial charge on any atom is 0.227 e. The molecule has 5 heteroatoms. The van der Waals surface area contributed by atoms with E-state index in [1.54, 1.807) is 0 Å². The van der Waals surface area contributed by atoms with E-state index in [1.165, 1.54) is 0 Å². The minimum Gasteiger partial charge on any atom is -0.494 e. The molecule has 3 rings (SSSR count). The molecule has 0 unspecified atom stereocenters. The van der Waals surface area contributed by atoms with Gasteiger partial charge in [-0.1, -0.05) is 30.3 Å². The average Bonchev–Trinajstić information content (AvgIpc) is 3.11. The van der Waals surface area contributed by atoms with E-state index in [-0.39, 0.29) is 11.8 Å². The van der Waals surface area contributed by atoms with Crippen LogP contribution in [0.4, 0.5) is 5.69 Å². The topological polar surface area (TPSA) is 58.6 Å². The molecular weight excluding hydrogens is 328 g/mol. The molecule has 1 fully saturated rings. The lowest BCUT2D eigenvalue weighted by Gasteiger charge is -2.16. The molecule has 1 saturated heterocycles. The quantitative estimate of drug-likeness (QED) is 0.742. The zero-order valence-corrected chi connectivity index (χ0v) is 14.8. The van der Waals surface area contributed by atoms with Gasteiger partial charge in [0.05, 0.1) is 6.61 Å². The third kappa shape index (κ3) is 5.09. The highest BCUT2D eigenvalue weighted by Gasteiger charge is 2.21. The van der Waals surface area contributed by atoms with Gasteiger partial charge in [0.2, 0.25) is 11.8 Å². The van der Waals surface area contributed by atoms with Crippen molar-refractivity contribution >= 4 is 17.5 Å². The summed E-state index contributed by atoms with van der Waals surface area (Å²) in [6.07, 6.45) is 2.67. The molecule has 5 nitrogen and oxygen atoms in total. The Kier molecular flexibility index (Phi) is 6.25. The van der Waals surface area contributed by atoms with Gasteiger partial charge < -0.3 is 15.0 Å². The molecule has 1 heterocycles. The first kappa shape index (κ1) is 18.0. The summed E-state index contributed by atoms with van der Waals surface area (Å²) in [6.45, 7) is 1.81. The van der Waals surface area contributed by atoms with E-state index in [1.807, 2.05) is 59.5 Å². The summed E-state index contributed by atoms with van der Waals surface area (Å²) < 4.78 is 5.58. The molecule has 136 valence electrons. The van der Waals surface area contributed by atoms with Gasteiger partial charge in [-0.2, -0.15) is 0 Å². The van der Waals surface area contributed by atoms with Gasteiger partial charge in [-0.15, -0.1) is 0 Å². The Hall–Kier alpha value is -2.82. The van der Waals surface area contributed by atoms with Crippen LogP contribution in [0.1, 0.15) is 31.2 Å². The van der Waals surface area contributed by atoms with Gasteiger partial charge >= 0.3 is 0 Å². The lowest BCUT2D eigenvalue weighted by molar-refractivity contribution is -0.121. The number of benzene rings is 2. The van der Waals surface area contributed by atoms with Crippen molar-refractivity contribution in [3.8, 4) is 5.75 Å². The second-order valence-corrected chi connectivity index (χ2v) is 6.36. The van der Waals surface area contributed by atoms with E-state index in [4.69, 9.17) is 4.74 Å². The lowest BCUT2D eigenvalue weighted by Crippen LogP contribution is -2.24. The van der Waals surface area contributed by atoms with Crippen molar-refractivity contribution in [2.24, 2.45) is 0 Å². The molecule has 2 aromatic carbocycles. The number of nitrogens with one attached hydrogen (secondary N) is 1. The fourth-order valence-corrected chi connectivity index (χ4v) is 2.94. The van der Waals surface area contributed by atoms with Crippen molar-refractivity contribution < 1.29 is 14.3 Å². The van der Waals surface area contributed by atoms with Crippen LogP contribution >= 0.6 is 0 Å². The first-order chi connectivity index (χ1) is 12.7. The van der Waals surface area contributed by atoms with E-state index in [9.17, 15) is 9.59 Å². The minimum atomic E-state index is 0.0143. The van der Waals surface area contributed by atoms with E-state index in [2.05, 4.69) is 5.32 Å². The number of ether oxygens (including phenoxy) is 1. The Morgan fingerprint density at radius 3 is 2.54 bits per heavy atom. The first-order valence-corrected chi connectivity index (χ1v) is 9.06.